The van der Waals surface area contributed by atoms with Crippen molar-refractivity contribution < 1.29 is 60.4 Å². The molecule has 2 heterocycles. The summed E-state index contributed by atoms with van der Waals surface area (Å²) in [5.41, 5.74) is 2.86. The molecule has 0 amide bonds. The first kappa shape index (κ1) is 57.4. The number of aryl methyl sites for hydroxylation is 1. The van der Waals surface area contributed by atoms with E-state index in [1.54, 1.807) is 49.0 Å². The van der Waals surface area contributed by atoms with Crippen molar-refractivity contribution in [2.75, 3.05) is 14.1 Å². The van der Waals surface area contributed by atoms with Gasteiger partial charge in [-0.2, -0.15) is 23.4 Å². The van der Waals surface area contributed by atoms with Gasteiger partial charge in [0, 0.05) is 59.7 Å². The SMILES string of the molecule is C=C(C)n1nc(-c2ccc(OC(F)(F)F)cc2)cc1CC(NC)c1ccc(OC(C)(C)C(=O)O)c(Cl)c1.CCCn1nc(-c2ccc(C(F)(F)F)cc2)cc1CC(NC)c1ccc(OC(C)(C)C(=O)O)c(Cl)c1. The van der Waals surface area contributed by atoms with Crippen LogP contribution in [0.1, 0.15) is 88.1 Å². The summed E-state index contributed by atoms with van der Waals surface area (Å²) in [7, 11) is 3.60. The molecule has 2 unspecified atom stereocenters. The van der Waals surface area contributed by atoms with Crippen LogP contribution >= 0.6 is 23.2 Å². The summed E-state index contributed by atoms with van der Waals surface area (Å²) in [6.45, 7) is 14.2. The normalized spacial score (nSPS) is 12.9. The molecule has 0 saturated carbocycles. The number of carbonyl (C=O) groups is 2. The Morgan fingerprint density at radius 1 is 0.671 bits per heavy atom. The van der Waals surface area contributed by atoms with Gasteiger partial charge in [0.2, 0.25) is 0 Å². The zero-order valence-corrected chi connectivity index (χ0v) is 42.7. The van der Waals surface area contributed by atoms with Crippen LogP contribution in [0.25, 0.3) is 28.2 Å². The van der Waals surface area contributed by atoms with Crippen LogP contribution < -0.4 is 24.8 Å². The molecule has 0 aliphatic carbocycles. The van der Waals surface area contributed by atoms with Gasteiger partial charge in [0.15, 0.2) is 11.2 Å². The van der Waals surface area contributed by atoms with Gasteiger partial charge in [-0.3, -0.25) is 4.68 Å². The third-order valence-corrected chi connectivity index (χ3v) is 11.9. The molecular formula is C52H56Cl2F6N6O7. The second-order valence-electron chi connectivity index (χ2n) is 17.9. The summed E-state index contributed by atoms with van der Waals surface area (Å²) in [4.78, 5) is 22.8. The number of aliphatic carboxylic acids is 2. The van der Waals surface area contributed by atoms with Crippen LogP contribution in [0.15, 0.2) is 104 Å². The quantitative estimate of drug-likeness (QED) is 0.0539. The van der Waals surface area contributed by atoms with Gasteiger partial charge in [0.25, 0.3) is 0 Å². The monoisotopic (exact) mass is 1060 g/mol. The van der Waals surface area contributed by atoms with Gasteiger partial charge < -0.3 is 35.1 Å². The first-order valence-corrected chi connectivity index (χ1v) is 23.4. The van der Waals surface area contributed by atoms with Crippen LogP contribution in [0.5, 0.6) is 17.2 Å². The number of hydrogen-bond donors (Lipinski definition) is 4. The van der Waals surface area contributed by atoms with E-state index >= 15 is 0 Å². The molecule has 4 N–H and O–H groups in total. The number of carboxylic acids is 2. The molecule has 0 fully saturated rings. The lowest BCUT2D eigenvalue weighted by Gasteiger charge is -2.23. The highest BCUT2D eigenvalue weighted by Crippen LogP contribution is 2.36. The summed E-state index contributed by atoms with van der Waals surface area (Å²) in [6.07, 6.45) is -7.30. The number of nitrogens with zero attached hydrogens (tertiary/aromatic N) is 4. The van der Waals surface area contributed by atoms with E-state index in [2.05, 4.69) is 32.1 Å². The Bertz CT molecular complexity index is 2880. The van der Waals surface area contributed by atoms with E-state index in [9.17, 15) is 46.1 Å². The summed E-state index contributed by atoms with van der Waals surface area (Å²) in [6, 6.07) is 24.1. The van der Waals surface area contributed by atoms with Crippen molar-refractivity contribution in [2.24, 2.45) is 0 Å². The van der Waals surface area contributed by atoms with E-state index in [1.807, 2.05) is 36.9 Å². The number of halogens is 8. The molecule has 2 aromatic heterocycles. The number of allylic oxidation sites excluding steroid dienone is 1. The van der Waals surface area contributed by atoms with Crippen molar-refractivity contribution in [3.05, 3.63) is 142 Å². The zero-order chi connectivity index (χ0) is 54.2. The number of aromatic nitrogens is 4. The Hall–Kier alpha value is -6.54. The number of nitrogens with one attached hydrogen (secondary N) is 2. The molecule has 73 heavy (non-hydrogen) atoms. The predicted octanol–water partition coefficient (Wildman–Crippen LogP) is 12.7. The largest absolute Gasteiger partial charge is 0.573 e. The minimum Gasteiger partial charge on any atom is -0.478 e. The molecule has 0 spiro atoms. The number of alkyl halides is 6. The lowest BCUT2D eigenvalue weighted by atomic mass is 10.0. The highest BCUT2D eigenvalue weighted by Gasteiger charge is 2.33. The highest BCUT2D eigenvalue weighted by atomic mass is 35.5. The Morgan fingerprint density at radius 2 is 1.11 bits per heavy atom. The molecule has 0 radical (unpaired) electrons. The average Bonchev–Trinajstić information content (AvgIpc) is 3.92. The Morgan fingerprint density at radius 3 is 1.51 bits per heavy atom. The fourth-order valence-electron chi connectivity index (χ4n) is 7.32. The maximum absolute atomic E-state index is 12.9. The van der Waals surface area contributed by atoms with E-state index in [1.165, 1.54) is 64.1 Å². The lowest BCUT2D eigenvalue weighted by Crippen LogP contribution is -2.38. The maximum atomic E-state index is 12.9. The molecule has 0 bridgehead atoms. The second kappa shape index (κ2) is 23.6. The van der Waals surface area contributed by atoms with E-state index in [0.29, 0.717) is 47.6 Å². The zero-order valence-electron chi connectivity index (χ0n) is 41.2. The molecule has 0 saturated heterocycles. The highest BCUT2D eigenvalue weighted by molar-refractivity contribution is 6.32. The van der Waals surface area contributed by atoms with Crippen molar-refractivity contribution in [2.45, 2.75) is 103 Å². The molecule has 2 atom stereocenters. The van der Waals surface area contributed by atoms with Crippen LogP contribution in [0.4, 0.5) is 26.3 Å². The molecule has 392 valence electrons. The van der Waals surface area contributed by atoms with Gasteiger partial charge in [-0.25, -0.2) is 14.3 Å². The molecule has 6 aromatic rings. The number of likely N-dealkylation sites (N-methyl/N-ethyl adjacent to an activating group) is 2. The minimum absolute atomic E-state index is 0.156. The van der Waals surface area contributed by atoms with Gasteiger partial charge in [-0.1, -0.05) is 61.0 Å². The standard InChI is InChI=1S/C26H27ClF3N3O4.C26H29ClF3N3O3/c1-15(2)33-18(14-22(32-33)16-6-9-19(10-7-16)36-26(28,29)30)13-21(31-5)17-8-11-23(20(27)12-17)37-25(3,4)24(34)35;1-5-12-33-19(15-22(32-33)16-6-9-18(10-7-16)26(28,29)30)14-21(31-4)17-8-11-23(20(27)13-17)36-25(2,3)24(34)35/h6-12,14,21,31H,1,13H2,2-5H3,(H,34,35);6-11,13,15,21,31H,5,12,14H2,1-4H3,(H,34,35). The first-order valence-electron chi connectivity index (χ1n) is 22.7. The number of benzene rings is 4. The Labute approximate surface area is 428 Å². The number of carboxylic acid groups (broad SMARTS) is 2. The van der Waals surface area contributed by atoms with Crippen molar-refractivity contribution in [3.8, 4) is 39.8 Å². The van der Waals surface area contributed by atoms with Crippen LogP contribution in [0.2, 0.25) is 10.0 Å². The molecule has 4 aromatic carbocycles. The van der Waals surface area contributed by atoms with Crippen LogP contribution in [0, 0.1) is 0 Å². The topological polar surface area (TPSA) is 162 Å². The van der Waals surface area contributed by atoms with Crippen molar-refractivity contribution in [3.63, 3.8) is 0 Å². The van der Waals surface area contributed by atoms with Gasteiger partial charge in [0.1, 0.15) is 17.2 Å². The van der Waals surface area contributed by atoms with Crippen molar-refractivity contribution in [1.29, 1.82) is 0 Å². The molecule has 0 aliphatic heterocycles. The average molecular weight is 1060 g/mol. The van der Waals surface area contributed by atoms with E-state index < -0.39 is 41.2 Å². The molecule has 13 nitrogen and oxygen atoms in total. The smallest absolute Gasteiger partial charge is 0.478 e. The number of ether oxygens (including phenoxy) is 3. The predicted molar refractivity (Wildman–Crippen MR) is 267 cm³/mol. The van der Waals surface area contributed by atoms with E-state index in [-0.39, 0.29) is 39.4 Å². The summed E-state index contributed by atoms with van der Waals surface area (Å²) in [5, 5.41) is 34.9. The Kier molecular flexibility index (Phi) is 18.5. The summed E-state index contributed by atoms with van der Waals surface area (Å²) < 4.78 is 94.8. The molecule has 6 rings (SSSR count). The molecule has 21 heteroatoms. The van der Waals surface area contributed by atoms with Gasteiger partial charge >= 0.3 is 24.5 Å². The fraction of sp³-hybridized carbons (Fsp3) is 0.346. The third-order valence-electron chi connectivity index (χ3n) is 11.3. The van der Waals surface area contributed by atoms with Crippen molar-refractivity contribution >= 4 is 40.8 Å². The lowest BCUT2D eigenvalue weighted by molar-refractivity contribution is -0.274. The van der Waals surface area contributed by atoms with Crippen LogP contribution in [-0.4, -0.2) is 73.4 Å². The first-order chi connectivity index (χ1) is 34.0. The maximum Gasteiger partial charge on any atom is 0.573 e. The van der Waals surface area contributed by atoms with Crippen LogP contribution in [-0.2, 0) is 35.2 Å². The van der Waals surface area contributed by atoms with Gasteiger partial charge in [0.05, 0.1) is 27.0 Å². The van der Waals surface area contributed by atoms with E-state index in [4.69, 9.17) is 32.7 Å². The summed E-state index contributed by atoms with van der Waals surface area (Å²) in [5.74, 6) is -2.03. The van der Waals surface area contributed by atoms with Gasteiger partial charge in [-0.15, -0.1) is 13.2 Å². The van der Waals surface area contributed by atoms with Crippen molar-refractivity contribution in [1.82, 2.24) is 30.2 Å². The minimum atomic E-state index is -4.77. The molecule has 0 aliphatic rings. The Balaban J connectivity index is 0.000000271. The summed E-state index contributed by atoms with van der Waals surface area (Å²) >= 11 is 12.8. The molecular weight excluding hydrogens is 1010 g/mol. The van der Waals surface area contributed by atoms with Gasteiger partial charge in [-0.05, 0) is 139 Å². The number of hydrogen-bond acceptors (Lipinski definition) is 9. The second-order valence-corrected chi connectivity index (χ2v) is 18.7. The fourth-order valence-corrected chi connectivity index (χ4v) is 7.78. The van der Waals surface area contributed by atoms with Crippen LogP contribution in [0.3, 0.4) is 0 Å². The number of rotatable bonds is 20. The van der Waals surface area contributed by atoms with E-state index in [0.717, 1.165) is 41.1 Å². The third kappa shape index (κ3) is 15.3.